The Balaban J connectivity index is 3.15. The predicted octanol–water partition coefficient (Wildman–Crippen LogP) is 1.67. The van der Waals surface area contributed by atoms with E-state index in [1.807, 2.05) is 0 Å². The van der Waals surface area contributed by atoms with Crippen LogP contribution in [-0.2, 0) is 4.79 Å². The molecule has 0 saturated carbocycles. The molecule has 0 aromatic heterocycles. The third-order valence-electron chi connectivity index (χ3n) is 1.58. The Labute approximate surface area is 82.5 Å². The highest BCUT2D eigenvalue weighted by molar-refractivity contribution is 9.10. The third-order valence-corrected chi connectivity index (χ3v) is 2.20. The van der Waals surface area contributed by atoms with Crippen LogP contribution in [0.15, 0.2) is 22.7 Å². The van der Waals surface area contributed by atoms with Crippen molar-refractivity contribution in [2.24, 2.45) is 5.73 Å². The highest BCUT2D eigenvalue weighted by atomic mass is 79.9. The van der Waals surface area contributed by atoms with Crippen LogP contribution in [0.5, 0.6) is 0 Å². The van der Waals surface area contributed by atoms with Gasteiger partial charge in [-0.15, -0.1) is 0 Å². The molecule has 13 heavy (non-hydrogen) atoms. The van der Waals surface area contributed by atoms with Gasteiger partial charge in [-0.25, -0.2) is 4.39 Å². The molecule has 70 valence electrons. The fourth-order valence-corrected chi connectivity index (χ4v) is 1.28. The minimum atomic E-state index is -1.32. The maximum Gasteiger partial charge on any atom is 0.325 e. The van der Waals surface area contributed by atoms with Crippen LogP contribution in [0, 0.1) is 5.82 Å². The molecule has 0 aliphatic heterocycles. The minimum Gasteiger partial charge on any atom is -0.480 e. The lowest BCUT2D eigenvalue weighted by Gasteiger charge is -2.08. The lowest BCUT2D eigenvalue weighted by atomic mass is 10.1. The Morgan fingerprint density at radius 3 is 2.77 bits per heavy atom. The van der Waals surface area contributed by atoms with E-state index in [2.05, 4.69) is 15.9 Å². The van der Waals surface area contributed by atoms with Gasteiger partial charge in [0.25, 0.3) is 0 Å². The molecular formula is C8H7BrFNO2. The van der Waals surface area contributed by atoms with E-state index in [1.54, 1.807) is 0 Å². The van der Waals surface area contributed by atoms with Gasteiger partial charge in [-0.2, -0.15) is 0 Å². The molecule has 0 saturated heterocycles. The van der Waals surface area contributed by atoms with Crippen LogP contribution in [-0.4, -0.2) is 11.1 Å². The van der Waals surface area contributed by atoms with Crippen molar-refractivity contribution < 1.29 is 14.3 Å². The van der Waals surface area contributed by atoms with Gasteiger partial charge >= 0.3 is 5.97 Å². The summed E-state index contributed by atoms with van der Waals surface area (Å²) in [5.74, 6) is -1.88. The summed E-state index contributed by atoms with van der Waals surface area (Å²) in [5, 5.41) is 8.54. The zero-order valence-electron chi connectivity index (χ0n) is 6.50. The van der Waals surface area contributed by atoms with Crippen LogP contribution in [0.3, 0.4) is 0 Å². The summed E-state index contributed by atoms with van der Waals surface area (Å²) >= 11 is 2.94. The highest BCUT2D eigenvalue weighted by Gasteiger charge is 2.19. The number of nitrogens with two attached hydrogens (primary N) is 1. The number of carboxylic acid groups (broad SMARTS) is 1. The molecule has 1 atom stereocenters. The third kappa shape index (κ3) is 2.05. The number of carbonyl (C=O) groups is 1. The number of rotatable bonds is 2. The molecule has 0 amide bonds. The van der Waals surface area contributed by atoms with E-state index in [1.165, 1.54) is 18.2 Å². The number of aliphatic carboxylic acids is 1. The fourth-order valence-electron chi connectivity index (χ4n) is 0.894. The SMILES string of the molecule is N[C@@H](C(=O)O)c1cccc(Br)c1F. The summed E-state index contributed by atoms with van der Waals surface area (Å²) in [5.41, 5.74) is 5.22. The van der Waals surface area contributed by atoms with Crippen molar-refractivity contribution in [3.05, 3.63) is 34.1 Å². The molecule has 0 radical (unpaired) electrons. The monoisotopic (exact) mass is 247 g/mol. The summed E-state index contributed by atoms with van der Waals surface area (Å²) in [4.78, 5) is 10.5. The van der Waals surface area contributed by atoms with Crippen LogP contribution < -0.4 is 5.73 Å². The van der Waals surface area contributed by atoms with Crippen LogP contribution in [0.1, 0.15) is 11.6 Å². The quantitative estimate of drug-likeness (QED) is 0.836. The van der Waals surface area contributed by atoms with Gasteiger partial charge in [-0.3, -0.25) is 4.79 Å². The van der Waals surface area contributed by atoms with Crippen LogP contribution in [0.4, 0.5) is 4.39 Å². The van der Waals surface area contributed by atoms with Crippen molar-refractivity contribution in [2.75, 3.05) is 0 Å². The first-order valence-corrected chi connectivity index (χ1v) is 4.25. The lowest BCUT2D eigenvalue weighted by Crippen LogP contribution is -2.21. The summed E-state index contributed by atoms with van der Waals surface area (Å²) in [6.07, 6.45) is 0. The second-order valence-corrected chi connectivity index (χ2v) is 3.31. The zero-order valence-corrected chi connectivity index (χ0v) is 8.08. The van der Waals surface area contributed by atoms with Crippen molar-refractivity contribution >= 4 is 21.9 Å². The largest absolute Gasteiger partial charge is 0.480 e. The minimum absolute atomic E-state index is 0.0260. The van der Waals surface area contributed by atoms with Gasteiger partial charge < -0.3 is 10.8 Å². The standard InChI is InChI=1S/C8H7BrFNO2/c9-5-3-1-2-4(6(5)10)7(11)8(12)13/h1-3,7H,11H2,(H,12,13)/t7-/m1/s1. The molecule has 3 nitrogen and oxygen atoms in total. The first-order chi connectivity index (χ1) is 6.04. The second kappa shape index (κ2) is 3.85. The number of carboxylic acids is 1. The van der Waals surface area contributed by atoms with Gasteiger partial charge in [-0.1, -0.05) is 12.1 Å². The molecule has 5 heteroatoms. The van der Waals surface area contributed by atoms with E-state index in [9.17, 15) is 9.18 Å². The molecule has 1 aromatic rings. The normalized spacial score (nSPS) is 12.5. The summed E-state index contributed by atoms with van der Waals surface area (Å²) in [7, 11) is 0. The Morgan fingerprint density at radius 1 is 1.62 bits per heavy atom. The highest BCUT2D eigenvalue weighted by Crippen LogP contribution is 2.22. The molecule has 0 heterocycles. The lowest BCUT2D eigenvalue weighted by molar-refractivity contribution is -0.138. The van der Waals surface area contributed by atoms with Crippen LogP contribution in [0.2, 0.25) is 0 Å². The summed E-state index contributed by atoms with van der Waals surface area (Å²) in [6, 6.07) is 3.04. The fraction of sp³-hybridized carbons (Fsp3) is 0.125. The second-order valence-electron chi connectivity index (χ2n) is 2.46. The van der Waals surface area contributed by atoms with Crippen LogP contribution in [0.25, 0.3) is 0 Å². The topological polar surface area (TPSA) is 63.3 Å². The molecule has 0 fully saturated rings. The van der Waals surface area contributed by atoms with E-state index in [0.29, 0.717) is 0 Å². The molecule has 1 rings (SSSR count). The van der Waals surface area contributed by atoms with Crippen LogP contribution >= 0.6 is 15.9 Å². The van der Waals surface area contributed by atoms with E-state index < -0.39 is 17.8 Å². The average molecular weight is 248 g/mol. The van der Waals surface area contributed by atoms with Crippen molar-refractivity contribution in [2.45, 2.75) is 6.04 Å². The number of hydrogen-bond acceptors (Lipinski definition) is 2. The zero-order chi connectivity index (χ0) is 10.0. The Bertz CT molecular complexity index is 343. The average Bonchev–Trinajstić information content (AvgIpc) is 2.08. The smallest absolute Gasteiger partial charge is 0.325 e. The van der Waals surface area contributed by atoms with Gasteiger partial charge in [0.1, 0.15) is 11.9 Å². The molecule has 0 aliphatic rings. The van der Waals surface area contributed by atoms with Crippen molar-refractivity contribution in [1.82, 2.24) is 0 Å². The summed E-state index contributed by atoms with van der Waals surface area (Å²) in [6.45, 7) is 0. The van der Waals surface area contributed by atoms with E-state index in [4.69, 9.17) is 10.8 Å². The first-order valence-electron chi connectivity index (χ1n) is 3.46. The Morgan fingerprint density at radius 2 is 2.23 bits per heavy atom. The number of halogens is 2. The van der Waals surface area contributed by atoms with E-state index in [0.717, 1.165) is 0 Å². The molecule has 0 bridgehead atoms. The van der Waals surface area contributed by atoms with Crippen molar-refractivity contribution in [1.29, 1.82) is 0 Å². The Kier molecular flexibility index (Phi) is 3.00. The number of benzene rings is 1. The van der Waals surface area contributed by atoms with Gasteiger partial charge in [0.2, 0.25) is 0 Å². The van der Waals surface area contributed by atoms with Gasteiger partial charge in [0.05, 0.1) is 4.47 Å². The molecule has 3 N–H and O–H groups in total. The molecule has 1 aromatic carbocycles. The molecule has 0 aliphatic carbocycles. The predicted molar refractivity (Wildman–Crippen MR) is 48.7 cm³/mol. The van der Waals surface area contributed by atoms with Gasteiger partial charge in [-0.05, 0) is 22.0 Å². The van der Waals surface area contributed by atoms with Gasteiger partial charge in [0.15, 0.2) is 0 Å². The first kappa shape index (κ1) is 10.1. The molecular weight excluding hydrogens is 241 g/mol. The number of hydrogen-bond donors (Lipinski definition) is 2. The van der Waals surface area contributed by atoms with Crippen molar-refractivity contribution in [3.8, 4) is 0 Å². The van der Waals surface area contributed by atoms with E-state index in [-0.39, 0.29) is 10.0 Å². The maximum atomic E-state index is 13.2. The Hall–Kier alpha value is -0.940. The molecule has 0 unspecified atom stereocenters. The molecule has 0 spiro atoms. The maximum absolute atomic E-state index is 13.2. The van der Waals surface area contributed by atoms with E-state index >= 15 is 0 Å². The van der Waals surface area contributed by atoms with Crippen molar-refractivity contribution in [3.63, 3.8) is 0 Å². The van der Waals surface area contributed by atoms with Gasteiger partial charge in [0, 0.05) is 5.56 Å². The summed E-state index contributed by atoms with van der Waals surface area (Å²) < 4.78 is 13.4.